The molecule has 2 fully saturated rings. The first-order chi connectivity index (χ1) is 9.92. The topological polar surface area (TPSA) is 21.7 Å². The molecule has 3 rings (SSSR count). The summed E-state index contributed by atoms with van der Waals surface area (Å²) in [5, 5.41) is 0. The van der Waals surface area contributed by atoms with Gasteiger partial charge in [0.05, 0.1) is 13.2 Å². The van der Waals surface area contributed by atoms with Crippen molar-refractivity contribution in [3.05, 3.63) is 35.9 Å². The number of likely N-dealkylation sites (tertiary alicyclic amines) is 1. The Labute approximate surface area is 121 Å². The van der Waals surface area contributed by atoms with Crippen molar-refractivity contribution in [2.45, 2.75) is 37.9 Å². The second kappa shape index (κ2) is 7.21. The SMILES string of the molecule is c1ccc(C2CCN(CCCC3OCCO3)CC2)cc1. The molecule has 2 aliphatic heterocycles. The molecule has 0 N–H and O–H groups in total. The molecule has 0 bridgehead atoms. The fraction of sp³-hybridized carbons (Fsp3) is 0.647. The molecule has 1 aromatic rings. The normalized spacial score (nSPS) is 22.4. The van der Waals surface area contributed by atoms with E-state index in [9.17, 15) is 0 Å². The molecule has 20 heavy (non-hydrogen) atoms. The summed E-state index contributed by atoms with van der Waals surface area (Å²) in [5.41, 5.74) is 1.51. The summed E-state index contributed by atoms with van der Waals surface area (Å²) >= 11 is 0. The molecule has 3 nitrogen and oxygen atoms in total. The number of ether oxygens (including phenoxy) is 2. The highest BCUT2D eigenvalue weighted by atomic mass is 16.7. The number of rotatable bonds is 5. The number of piperidine rings is 1. The molecule has 3 heteroatoms. The number of nitrogens with zero attached hydrogens (tertiary/aromatic N) is 1. The van der Waals surface area contributed by atoms with Crippen LogP contribution in [0.2, 0.25) is 0 Å². The Balaban J connectivity index is 1.36. The first-order valence-electron chi connectivity index (χ1n) is 7.92. The maximum atomic E-state index is 5.48. The van der Waals surface area contributed by atoms with Crippen LogP contribution in [-0.2, 0) is 9.47 Å². The summed E-state index contributed by atoms with van der Waals surface area (Å²) < 4.78 is 11.0. The average molecular weight is 275 g/mol. The molecule has 0 aromatic heterocycles. The molecule has 0 saturated carbocycles. The van der Waals surface area contributed by atoms with E-state index in [0.717, 1.165) is 25.6 Å². The summed E-state index contributed by atoms with van der Waals surface area (Å²) in [7, 11) is 0. The van der Waals surface area contributed by atoms with Gasteiger partial charge in [0.2, 0.25) is 0 Å². The van der Waals surface area contributed by atoms with Crippen molar-refractivity contribution >= 4 is 0 Å². The predicted molar refractivity (Wildman–Crippen MR) is 79.8 cm³/mol. The van der Waals surface area contributed by atoms with Gasteiger partial charge in [-0.05, 0) is 56.8 Å². The van der Waals surface area contributed by atoms with Gasteiger partial charge in [-0.1, -0.05) is 30.3 Å². The minimum Gasteiger partial charge on any atom is -0.350 e. The highest BCUT2D eigenvalue weighted by Gasteiger charge is 2.21. The van der Waals surface area contributed by atoms with Crippen LogP contribution in [0.25, 0.3) is 0 Å². The minimum atomic E-state index is 0.0665. The summed E-state index contributed by atoms with van der Waals surface area (Å²) in [4.78, 5) is 2.59. The second-order valence-corrected chi connectivity index (χ2v) is 5.84. The molecule has 0 aliphatic carbocycles. The Morgan fingerprint density at radius 1 is 1.00 bits per heavy atom. The highest BCUT2D eigenvalue weighted by molar-refractivity contribution is 5.19. The Bertz CT molecular complexity index is 381. The average Bonchev–Trinajstić information content (AvgIpc) is 3.02. The van der Waals surface area contributed by atoms with E-state index in [0.29, 0.717) is 0 Å². The molecule has 0 amide bonds. The third-order valence-electron chi connectivity index (χ3n) is 4.46. The number of hydrogen-bond acceptors (Lipinski definition) is 3. The third kappa shape index (κ3) is 3.81. The molecular formula is C17H25NO2. The minimum absolute atomic E-state index is 0.0665. The lowest BCUT2D eigenvalue weighted by atomic mass is 9.89. The van der Waals surface area contributed by atoms with Gasteiger partial charge in [0.1, 0.15) is 0 Å². The monoisotopic (exact) mass is 275 g/mol. The van der Waals surface area contributed by atoms with Crippen LogP contribution in [0.15, 0.2) is 30.3 Å². The predicted octanol–water partition coefficient (Wildman–Crippen LogP) is 3.02. The number of benzene rings is 1. The molecule has 2 saturated heterocycles. The Hall–Kier alpha value is -0.900. The molecule has 0 radical (unpaired) electrons. The van der Waals surface area contributed by atoms with Crippen molar-refractivity contribution in [2.24, 2.45) is 0 Å². The summed E-state index contributed by atoms with van der Waals surface area (Å²) in [6.45, 7) is 5.18. The number of hydrogen-bond donors (Lipinski definition) is 0. The van der Waals surface area contributed by atoms with Gasteiger partial charge in [0.15, 0.2) is 6.29 Å². The van der Waals surface area contributed by atoms with E-state index < -0.39 is 0 Å². The van der Waals surface area contributed by atoms with Crippen LogP contribution in [0.1, 0.15) is 37.2 Å². The van der Waals surface area contributed by atoms with Crippen molar-refractivity contribution in [3.63, 3.8) is 0 Å². The lowest BCUT2D eigenvalue weighted by molar-refractivity contribution is -0.0490. The zero-order valence-electron chi connectivity index (χ0n) is 12.2. The molecule has 2 aliphatic rings. The van der Waals surface area contributed by atoms with Crippen LogP contribution in [0.5, 0.6) is 0 Å². The van der Waals surface area contributed by atoms with E-state index >= 15 is 0 Å². The largest absolute Gasteiger partial charge is 0.350 e. The smallest absolute Gasteiger partial charge is 0.157 e. The van der Waals surface area contributed by atoms with Gasteiger partial charge in [-0.3, -0.25) is 0 Å². The molecule has 0 unspecified atom stereocenters. The van der Waals surface area contributed by atoms with Crippen LogP contribution in [0.3, 0.4) is 0 Å². The standard InChI is InChI=1S/C17H25NO2/c1-2-5-15(6-3-1)16-8-11-18(12-9-16)10-4-7-17-19-13-14-20-17/h1-3,5-6,16-17H,4,7-14H2. The van der Waals surface area contributed by atoms with E-state index in [-0.39, 0.29) is 6.29 Å². The van der Waals surface area contributed by atoms with Gasteiger partial charge in [-0.2, -0.15) is 0 Å². The van der Waals surface area contributed by atoms with Crippen LogP contribution in [0, 0.1) is 0 Å². The van der Waals surface area contributed by atoms with Gasteiger partial charge >= 0.3 is 0 Å². The van der Waals surface area contributed by atoms with Crippen molar-refractivity contribution in [2.75, 3.05) is 32.8 Å². The second-order valence-electron chi connectivity index (χ2n) is 5.84. The van der Waals surface area contributed by atoms with E-state index in [1.54, 1.807) is 0 Å². The van der Waals surface area contributed by atoms with E-state index in [1.165, 1.54) is 44.5 Å². The van der Waals surface area contributed by atoms with E-state index in [1.807, 2.05) is 0 Å². The van der Waals surface area contributed by atoms with Crippen LogP contribution in [0.4, 0.5) is 0 Å². The summed E-state index contributed by atoms with van der Waals surface area (Å²) in [5.74, 6) is 0.758. The summed E-state index contributed by atoms with van der Waals surface area (Å²) in [6.07, 6.45) is 4.87. The van der Waals surface area contributed by atoms with Gasteiger partial charge in [0.25, 0.3) is 0 Å². The molecule has 110 valence electrons. The van der Waals surface area contributed by atoms with Gasteiger partial charge in [0, 0.05) is 0 Å². The van der Waals surface area contributed by atoms with Crippen molar-refractivity contribution < 1.29 is 9.47 Å². The van der Waals surface area contributed by atoms with Gasteiger partial charge < -0.3 is 14.4 Å². The van der Waals surface area contributed by atoms with Gasteiger partial charge in [-0.25, -0.2) is 0 Å². The molecule has 2 heterocycles. The maximum absolute atomic E-state index is 5.48. The third-order valence-corrected chi connectivity index (χ3v) is 4.46. The quantitative estimate of drug-likeness (QED) is 0.824. The maximum Gasteiger partial charge on any atom is 0.157 e. The van der Waals surface area contributed by atoms with E-state index in [2.05, 4.69) is 35.2 Å². The summed E-state index contributed by atoms with van der Waals surface area (Å²) in [6, 6.07) is 11.0. The zero-order chi connectivity index (χ0) is 13.6. The van der Waals surface area contributed by atoms with Crippen LogP contribution >= 0.6 is 0 Å². The van der Waals surface area contributed by atoms with Crippen molar-refractivity contribution in [1.29, 1.82) is 0 Å². The fourth-order valence-corrected chi connectivity index (χ4v) is 3.27. The highest BCUT2D eigenvalue weighted by Crippen LogP contribution is 2.27. The van der Waals surface area contributed by atoms with Crippen molar-refractivity contribution in [3.8, 4) is 0 Å². The molecular weight excluding hydrogens is 250 g/mol. The Kier molecular flexibility index (Phi) is 5.06. The van der Waals surface area contributed by atoms with E-state index in [4.69, 9.17) is 9.47 Å². The lowest BCUT2D eigenvalue weighted by Crippen LogP contribution is -2.34. The van der Waals surface area contributed by atoms with Crippen LogP contribution in [-0.4, -0.2) is 44.0 Å². The Morgan fingerprint density at radius 2 is 1.70 bits per heavy atom. The molecule has 1 aromatic carbocycles. The fourth-order valence-electron chi connectivity index (χ4n) is 3.27. The van der Waals surface area contributed by atoms with Crippen molar-refractivity contribution in [1.82, 2.24) is 4.90 Å². The Morgan fingerprint density at radius 3 is 2.40 bits per heavy atom. The first-order valence-corrected chi connectivity index (χ1v) is 7.92. The lowest BCUT2D eigenvalue weighted by Gasteiger charge is -2.32. The van der Waals surface area contributed by atoms with Gasteiger partial charge in [-0.15, -0.1) is 0 Å². The molecule has 0 atom stereocenters. The zero-order valence-corrected chi connectivity index (χ0v) is 12.2. The first kappa shape index (κ1) is 14.1. The molecule has 0 spiro atoms. The van der Waals surface area contributed by atoms with Crippen LogP contribution < -0.4 is 0 Å².